The molecule has 0 fully saturated rings. The highest BCUT2D eigenvalue weighted by atomic mass is 32.1. The van der Waals surface area contributed by atoms with E-state index in [4.69, 9.17) is 10.5 Å². The zero-order chi connectivity index (χ0) is 13.1. The quantitative estimate of drug-likeness (QED) is 0.869. The molecule has 0 aliphatic rings. The predicted octanol–water partition coefficient (Wildman–Crippen LogP) is 2.93. The van der Waals surface area contributed by atoms with E-state index in [9.17, 15) is 8.78 Å². The van der Waals surface area contributed by atoms with Gasteiger partial charge in [0.25, 0.3) is 0 Å². The molecule has 2 aromatic rings. The maximum atomic E-state index is 13.4. The first kappa shape index (κ1) is 12.8. The zero-order valence-electron chi connectivity index (χ0n) is 9.74. The Labute approximate surface area is 107 Å². The van der Waals surface area contributed by atoms with E-state index in [2.05, 4.69) is 4.98 Å². The molecule has 0 atom stereocenters. The number of nitrogens with zero attached hydrogens (tertiary/aromatic N) is 1. The Morgan fingerprint density at radius 2 is 2.17 bits per heavy atom. The summed E-state index contributed by atoms with van der Waals surface area (Å²) in [6.45, 7) is 2.12. The van der Waals surface area contributed by atoms with Gasteiger partial charge in [-0.25, -0.2) is 9.37 Å². The molecule has 0 radical (unpaired) electrons. The lowest BCUT2D eigenvalue weighted by atomic mass is 10.2. The van der Waals surface area contributed by atoms with Crippen molar-refractivity contribution >= 4 is 17.0 Å². The fraction of sp³-hybridized carbons (Fsp3) is 0.250. The topological polar surface area (TPSA) is 48.1 Å². The second-order valence-corrected chi connectivity index (χ2v) is 4.68. The normalized spacial score (nSPS) is 10.6. The van der Waals surface area contributed by atoms with Gasteiger partial charge in [0, 0.05) is 11.3 Å². The molecular formula is C12H12F2N2OS. The van der Waals surface area contributed by atoms with Crippen LogP contribution in [0.2, 0.25) is 0 Å². The second-order valence-electron chi connectivity index (χ2n) is 3.74. The van der Waals surface area contributed by atoms with E-state index in [0.29, 0.717) is 6.42 Å². The van der Waals surface area contributed by atoms with Crippen LogP contribution in [-0.2, 0) is 6.42 Å². The molecule has 0 bridgehead atoms. The molecule has 2 rings (SSSR count). The van der Waals surface area contributed by atoms with Gasteiger partial charge in [-0.3, -0.25) is 0 Å². The standard InChI is InChI=1S/C12H12F2N2OS/c1-7-10(18-6-16-7)4-5-17-12-9(15)3-2-8(13)11(12)14/h2-3,6H,4-5,15H2,1H3. The number of nitrogen functional groups attached to an aromatic ring is 1. The van der Waals surface area contributed by atoms with Gasteiger partial charge in [0.1, 0.15) is 0 Å². The summed E-state index contributed by atoms with van der Waals surface area (Å²) in [5.74, 6) is -2.23. The smallest absolute Gasteiger partial charge is 0.202 e. The molecule has 96 valence electrons. The van der Waals surface area contributed by atoms with Gasteiger partial charge in [0.15, 0.2) is 11.6 Å². The summed E-state index contributed by atoms with van der Waals surface area (Å²) < 4.78 is 31.6. The summed E-state index contributed by atoms with van der Waals surface area (Å²) in [4.78, 5) is 5.16. The summed E-state index contributed by atoms with van der Waals surface area (Å²) in [7, 11) is 0. The molecule has 1 aromatic heterocycles. The fourth-order valence-corrected chi connectivity index (χ4v) is 2.27. The van der Waals surface area contributed by atoms with Crippen molar-refractivity contribution in [1.29, 1.82) is 0 Å². The highest BCUT2D eigenvalue weighted by molar-refractivity contribution is 7.09. The number of thiazole rings is 1. The second kappa shape index (κ2) is 5.30. The van der Waals surface area contributed by atoms with Crippen molar-refractivity contribution in [3.63, 3.8) is 0 Å². The number of hydrogen-bond acceptors (Lipinski definition) is 4. The van der Waals surface area contributed by atoms with Crippen LogP contribution in [0.15, 0.2) is 17.6 Å². The van der Waals surface area contributed by atoms with Gasteiger partial charge in [0.05, 0.1) is 23.5 Å². The third-order valence-electron chi connectivity index (χ3n) is 2.50. The van der Waals surface area contributed by atoms with E-state index in [1.165, 1.54) is 17.4 Å². The highest BCUT2D eigenvalue weighted by Gasteiger charge is 2.13. The Hall–Kier alpha value is -1.69. The molecule has 0 spiro atoms. The van der Waals surface area contributed by atoms with Gasteiger partial charge in [-0.15, -0.1) is 11.3 Å². The molecule has 0 saturated carbocycles. The lowest BCUT2D eigenvalue weighted by molar-refractivity contribution is 0.301. The summed E-state index contributed by atoms with van der Waals surface area (Å²) in [5, 5.41) is 0. The van der Waals surface area contributed by atoms with Gasteiger partial charge in [-0.2, -0.15) is 4.39 Å². The third-order valence-corrected chi connectivity index (χ3v) is 3.50. The number of benzene rings is 1. The Morgan fingerprint density at radius 1 is 1.39 bits per heavy atom. The SMILES string of the molecule is Cc1ncsc1CCOc1c(N)ccc(F)c1F. The molecule has 0 aliphatic heterocycles. The van der Waals surface area contributed by atoms with Crippen LogP contribution in [0.5, 0.6) is 5.75 Å². The molecule has 18 heavy (non-hydrogen) atoms. The third kappa shape index (κ3) is 2.59. The van der Waals surface area contributed by atoms with E-state index in [1.54, 1.807) is 5.51 Å². The van der Waals surface area contributed by atoms with Crippen LogP contribution in [0, 0.1) is 18.6 Å². The van der Waals surface area contributed by atoms with Gasteiger partial charge in [-0.1, -0.05) is 0 Å². The first-order valence-electron chi connectivity index (χ1n) is 5.35. The van der Waals surface area contributed by atoms with Gasteiger partial charge in [-0.05, 0) is 19.1 Å². The Bertz CT molecular complexity index is 557. The van der Waals surface area contributed by atoms with Crippen LogP contribution < -0.4 is 10.5 Å². The summed E-state index contributed by atoms with van der Waals surface area (Å²) in [6.07, 6.45) is 0.589. The largest absolute Gasteiger partial charge is 0.488 e. The zero-order valence-corrected chi connectivity index (χ0v) is 10.6. The minimum atomic E-state index is -1.05. The van der Waals surface area contributed by atoms with E-state index >= 15 is 0 Å². The van der Waals surface area contributed by atoms with Gasteiger partial charge < -0.3 is 10.5 Å². The molecule has 1 heterocycles. The van der Waals surface area contributed by atoms with Crippen molar-refractivity contribution < 1.29 is 13.5 Å². The Morgan fingerprint density at radius 3 is 2.83 bits per heavy atom. The van der Waals surface area contributed by atoms with Crippen LogP contribution in [0.25, 0.3) is 0 Å². The Balaban J connectivity index is 2.03. The number of rotatable bonds is 4. The average Bonchev–Trinajstić information content (AvgIpc) is 2.74. The Kier molecular flexibility index (Phi) is 3.76. The summed E-state index contributed by atoms with van der Waals surface area (Å²) in [6, 6.07) is 2.26. The van der Waals surface area contributed by atoms with Crippen LogP contribution in [0.4, 0.5) is 14.5 Å². The van der Waals surface area contributed by atoms with Crippen molar-refractivity contribution in [2.75, 3.05) is 12.3 Å². The minimum Gasteiger partial charge on any atom is -0.488 e. The predicted molar refractivity (Wildman–Crippen MR) is 66.8 cm³/mol. The molecule has 1 aromatic carbocycles. The lowest BCUT2D eigenvalue weighted by Crippen LogP contribution is -2.06. The fourth-order valence-electron chi connectivity index (χ4n) is 1.51. The van der Waals surface area contributed by atoms with Crippen molar-refractivity contribution in [2.45, 2.75) is 13.3 Å². The summed E-state index contributed by atoms with van der Waals surface area (Å²) >= 11 is 1.51. The highest BCUT2D eigenvalue weighted by Crippen LogP contribution is 2.27. The maximum Gasteiger partial charge on any atom is 0.202 e. The molecule has 0 aliphatic carbocycles. The van der Waals surface area contributed by atoms with E-state index < -0.39 is 11.6 Å². The number of aromatic nitrogens is 1. The van der Waals surface area contributed by atoms with Crippen molar-refractivity contribution in [2.24, 2.45) is 0 Å². The molecule has 2 N–H and O–H groups in total. The number of ether oxygens (including phenoxy) is 1. The molecule has 3 nitrogen and oxygen atoms in total. The van der Waals surface area contributed by atoms with Crippen LogP contribution >= 0.6 is 11.3 Å². The first-order chi connectivity index (χ1) is 8.59. The average molecular weight is 270 g/mol. The summed E-state index contributed by atoms with van der Waals surface area (Å²) in [5.41, 5.74) is 8.30. The number of halogens is 2. The molecule has 0 unspecified atom stereocenters. The van der Waals surface area contributed by atoms with Gasteiger partial charge >= 0.3 is 0 Å². The monoisotopic (exact) mass is 270 g/mol. The van der Waals surface area contributed by atoms with E-state index in [-0.39, 0.29) is 18.0 Å². The van der Waals surface area contributed by atoms with Crippen molar-refractivity contribution in [1.82, 2.24) is 4.98 Å². The van der Waals surface area contributed by atoms with Gasteiger partial charge in [0.2, 0.25) is 5.82 Å². The van der Waals surface area contributed by atoms with Crippen LogP contribution in [0.3, 0.4) is 0 Å². The van der Waals surface area contributed by atoms with E-state index in [0.717, 1.165) is 16.6 Å². The minimum absolute atomic E-state index is 0.0925. The maximum absolute atomic E-state index is 13.4. The van der Waals surface area contributed by atoms with Crippen molar-refractivity contribution in [3.05, 3.63) is 39.8 Å². The number of hydrogen-bond donors (Lipinski definition) is 1. The number of anilines is 1. The van der Waals surface area contributed by atoms with Crippen molar-refractivity contribution in [3.8, 4) is 5.75 Å². The number of nitrogens with two attached hydrogens (primary N) is 1. The molecule has 0 saturated heterocycles. The van der Waals surface area contributed by atoms with Crippen LogP contribution in [-0.4, -0.2) is 11.6 Å². The number of aryl methyl sites for hydroxylation is 1. The van der Waals surface area contributed by atoms with Crippen LogP contribution in [0.1, 0.15) is 10.6 Å². The van der Waals surface area contributed by atoms with E-state index in [1.807, 2.05) is 6.92 Å². The first-order valence-corrected chi connectivity index (χ1v) is 6.22. The molecule has 0 amide bonds. The lowest BCUT2D eigenvalue weighted by Gasteiger charge is -2.09. The molecular weight excluding hydrogens is 258 g/mol. The molecule has 6 heteroatoms.